The van der Waals surface area contributed by atoms with Crippen LogP contribution in [0.2, 0.25) is 0 Å². The average molecular weight is 285 g/mol. The molecular weight excluding hydrogens is 268 g/mol. The monoisotopic (exact) mass is 285 g/mol. The summed E-state index contributed by atoms with van der Waals surface area (Å²) in [7, 11) is 0. The number of ketones is 1. The number of nitrogens with one attached hydrogen (secondary N) is 1. The van der Waals surface area contributed by atoms with Crippen molar-refractivity contribution in [1.82, 2.24) is 5.32 Å². The van der Waals surface area contributed by atoms with Gasteiger partial charge in [0.15, 0.2) is 5.78 Å². The van der Waals surface area contributed by atoms with Gasteiger partial charge >= 0.3 is 0 Å². The van der Waals surface area contributed by atoms with Crippen molar-refractivity contribution in [1.29, 1.82) is 0 Å². The Morgan fingerprint density at radius 2 is 2.00 bits per heavy atom. The van der Waals surface area contributed by atoms with Crippen LogP contribution in [0, 0.1) is 11.6 Å². The number of benzene rings is 1. The van der Waals surface area contributed by atoms with Gasteiger partial charge in [0.05, 0.1) is 18.2 Å². The Hall–Kier alpha value is -1.82. The molecule has 0 fully saturated rings. The third kappa shape index (κ3) is 4.70. The predicted molar refractivity (Wildman–Crippen MR) is 69.2 cm³/mol. The summed E-state index contributed by atoms with van der Waals surface area (Å²) in [5.74, 6) is -2.64. The Morgan fingerprint density at radius 3 is 2.55 bits per heavy atom. The van der Waals surface area contributed by atoms with Gasteiger partial charge in [-0.15, -0.1) is 0 Å². The molecule has 0 aliphatic carbocycles. The molecule has 0 saturated heterocycles. The maximum Gasteiger partial charge on any atom is 0.220 e. The molecule has 1 rings (SSSR count). The number of carbonyl (C=O) groups is 2. The highest BCUT2D eigenvalue weighted by Crippen LogP contribution is 2.12. The SMILES string of the molecule is CCC(CO)NC(=O)CCC(=O)c1ccc(F)cc1F. The normalized spacial score (nSPS) is 12.0. The Balaban J connectivity index is 2.53. The van der Waals surface area contributed by atoms with Crippen molar-refractivity contribution in [2.75, 3.05) is 6.61 Å². The fraction of sp³-hybridized carbons (Fsp3) is 0.429. The molecule has 1 amide bonds. The number of carbonyl (C=O) groups excluding carboxylic acids is 2. The van der Waals surface area contributed by atoms with E-state index >= 15 is 0 Å². The average Bonchev–Trinajstić information content (AvgIpc) is 2.42. The zero-order valence-electron chi connectivity index (χ0n) is 11.2. The van der Waals surface area contributed by atoms with Crippen LogP contribution in [-0.2, 0) is 4.79 Å². The molecule has 0 radical (unpaired) electrons. The van der Waals surface area contributed by atoms with E-state index in [1.54, 1.807) is 6.92 Å². The zero-order valence-corrected chi connectivity index (χ0v) is 11.2. The van der Waals surface area contributed by atoms with Crippen molar-refractivity contribution in [2.45, 2.75) is 32.2 Å². The topological polar surface area (TPSA) is 66.4 Å². The standard InChI is InChI=1S/C14H17F2NO3/c1-2-10(8-18)17-14(20)6-5-13(19)11-4-3-9(15)7-12(11)16/h3-4,7,10,18H,2,5-6,8H2,1H3,(H,17,20). The van der Waals surface area contributed by atoms with E-state index in [0.29, 0.717) is 12.5 Å². The van der Waals surface area contributed by atoms with E-state index < -0.39 is 17.4 Å². The molecule has 1 aromatic rings. The molecule has 6 heteroatoms. The number of amides is 1. The molecule has 110 valence electrons. The van der Waals surface area contributed by atoms with Crippen molar-refractivity contribution >= 4 is 11.7 Å². The van der Waals surface area contributed by atoms with Crippen LogP contribution in [0.5, 0.6) is 0 Å². The van der Waals surface area contributed by atoms with E-state index in [2.05, 4.69) is 5.32 Å². The van der Waals surface area contributed by atoms with Crippen LogP contribution in [0.1, 0.15) is 36.5 Å². The minimum absolute atomic E-state index is 0.105. The highest BCUT2D eigenvalue weighted by atomic mass is 19.1. The highest BCUT2D eigenvalue weighted by molar-refractivity contribution is 5.98. The second-order valence-corrected chi connectivity index (χ2v) is 4.40. The first kappa shape index (κ1) is 16.2. The Kier molecular flexibility index (Phi) is 6.24. The van der Waals surface area contributed by atoms with Gasteiger partial charge in [-0.25, -0.2) is 8.78 Å². The molecule has 0 aromatic heterocycles. The lowest BCUT2D eigenvalue weighted by Gasteiger charge is -2.13. The summed E-state index contributed by atoms with van der Waals surface area (Å²) in [5, 5.41) is 11.5. The second-order valence-electron chi connectivity index (χ2n) is 4.40. The van der Waals surface area contributed by atoms with Crippen LogP contribution < -0.4 is 5.32 Å². The lowest BCUT2D eigenvalue weighted by atomic mass is 10.1. The molecule has 0 saturated carbocycles. The molecule has 4 nitrogen and oxygen atoms in total. The summed E-state index contributed by atoms with van der Waals surface area (Å²) in [6, 6.07) is 2.34. The van der Waals surface area contributed by atoms with Gasteiger partial charge in [-0.3, -0.25) is 9.59 Å². The molecule has 0 aliphatic rings. The lowest BCUT2D eigenvalue weighted by molar-refractivity contribution is -0.122. The molecule has 0 bridgehead atoms. The summed E-state index contributed by atoms with van der Waals surface area (Å²) in [6.45, 7) is 1.63. The van der Waals surface area contributed by atoms with Crippen LogP contribution in [0.15, 0.2) is 18.2 Å². The number of halogens is 2. The fourth-order valence-corrected chi connectivity index (χ4v) is 1.65. The number of Topliss-reactive ketones (excluding diaryl/α,β-unsaturated/α-hetero) is 1. The molecule has 1 atom stereocenters. The van der Waals surface area contributed by atoms with Crippen molar-refractivity contribution < 1.29 is 23.5 Å². The molecule has 1 aromatic carbocycles. The number of aliphatic hydroxyl groups is 1. The highest BCUT2D eigenvalue weighted by Gasteiger charge is 2.15. The maximum absolute atomic E-state index is 13.4. The van der Waals surface area contributed by atoms with Gasteiger partial charge in [0.25, 0.3) is 0 Å². The smallest absolute Gasteiger partial charge is 0.220 e. The van der Waals surface area contributed by atoms with Crippen LogP contribution in [-0.4, -0.2) is 29.4 Å². The molecule has 0 spiro atoms. The van der Waals surface area contributed by atoms with Gasteiger partial charge in [0.2, 0.25) is 5.91 Å². The lowest BCUT2D eigenvalue weighted by Crippen LogP contribution is -2.37. The first-order chi connectivity index (χ1) is 9.47. The van der Waals surface area contributed by atoms with E-state index in [0.717, 1.165) is 12.1 Å². The zero-order chi connectivity index (χ0) is 15.1. The van der Waals surface area contributed by atoms with Crippen molar-refractivity contribution in [2.24, 2.45) is 0 Å². The number of hydrogen-bond donors (Lipinski definition) is 2. The quantitative estimate of drug-likeness (QED) is 0.751. The van der Waals surface area contributed by atoms with E-state index in [-0.39, 0.29) is 37.0 Å². The largest absolute Gasteiger partial charge is 0.394 e. The minimum atomic E-state index is -0.933. The summed E-state index contributed by atoms with van der Waals surface area (Å²) in [6.07, 6.45) is 0.297. The van der Waals surface area contributed by atoms with Crippen LogP contribution >= 0.6 is 0 Å². The van der Waals surface area contributed by atoms with Crippen molar-refractivity contribution in [3.8, 4) is 0 Å². The van der Waals surface area contributed by atoms with E-state index in [4.69, 9.17) is 5.11 Å². The summed E-state index contributed by atoms with van der Waals surface area (Å²) in [4.78, 5) is 23.2. The number of aliphatic hydroxyl groups excluding tert-OH is 1. The third-order valence-electron chi connectivity index (χ3n) is 2.89. The number of hydrogen-bond acceptors (Lipinski definition) is 3. The second kappa shape index (κ2) is 7.69. The Labute approximate surface area is 115 Å². The molecule has 0 heterocycles. The Morgan fingerprint density at radius 1 is 1.30 bits per heavy atom. The fourth-order valence-electron chi connectivity index (χ4n) is 1.65. The molecule has 20 heavy (non-hydrogen) atoms. The number of rotatable bonds is 7. The van der Waals surface area contributed by atoms with Gasteiger partial charge in [-0.05, 0) is 18.6 Å². The van der Waals surface area contributed by atoms with Crippen LogP contribution in [0.25, 0.3) is 0 Å². The molecule has 2 N–H and O–H groups in total. The minimum Gasteiger partial charge on any atom is -0.394 e. The molecule has 0 aliphatic heterocycles. The van der Waals surface area contributed by atoms with E-state index in [1.807, 2.05) is 0 Å². The van der Waals surface area contributed by atoms with Gasteiger partial charge in [-0.2, -0.15) is 0 Å². The Bertz CT molecular complexity index is 487. The van der Waals surface area contributed by atoms with Crippen molar-refractivity contribution in [3.63, 3.8) is 0 Å². The summed E-state index contributed by atoms with van der Waals surface area (Å²) < 4.78 is 26.1. The van der Waals surface area contributed by atoms with Crippen LogP contribution in [0.4, 0.5) is 8.78 Å². The van der Waals surface area contributed by atoms with Gasteiger partial charge in [0.1, 0.15) is 11.6 Å². The van der Waals surface area contributed by atoms with Crippen molar-refractivity contribution in [3.05, 3.63) is 35.4 Å². The predicted octanol–water partition coefficient (Wildman–Crippen LogP) is 1.81. The summed E-state index contributed by atoms with van der Waals surface area (Å²) in [5.41, 5.74) is -0.228. The maximum atomic E-state index is 13.4. The summed E-state index contributed by atoms with van der Waals surface area (Å²) >= 11 is 0. The first-order valence-corrected chi connectivity index (χ1v) is 6.36. The third-order valence-corrected chi connectivity index (χ3v) is 2.89. The van der Waals surface area contributed by atoms with Gasteiger partial charge < -0.3 is 10.4 Å². The van der Waals surface area contributed by atoms with E-state index in [1.165, 1.54) is 0 Å². The van der Waals surface area contributed by atoms with Gasteiger partial charge in [-0.1, -0.05) is 6.92 Å². The van der Waals surface area contributed by atoms with E-state index in [9.17, 15) is 18.4 Å². The first-order valence-electron chi connectivity index (χ1n) is 6.36. The molecular formula is C14H17F2NO3. The van der Waals surface area contributed by atoms with Crippen LogP contribution in [0.3, 0.4) is 0 Å². The molecule has 1 unspecified atom stereocenters. The van der Waals surface area contributed by atoms with Gasteiger partial charge in [0, 0.05) is 18.9 Å².